The molecule has 0 saturated carbocycles. The Morgan fingerprint density at radius 1 is 0.975 bits per heavy atom. The molecule has 1 heterocycles. The highest BCUT2D eigenvalue weighted by molar-refractivity contribution is 6.33. The number of ether oxygens (including phenoxy) is 2. The maximum absolute atomic E-state index is 13.2. The van der Waals surface area contributed by atoms with Crippen LogP contribution in [0.25, 0.3) is 11.3 Å². The number of carbonyl (C=O) groups excluding carboxylic acids is 1. The lowest BCUT2D eigenvalue weighted by molar-refractivity contribution is -0.143. The van der Waals surface area contributed by atoms with Crippen LogP contribution < -0.4 is 9.47 Å². The van der Waals surface area contributed by atoms with E-state index in [-0.39, 0.29) is 28.5 Å². The summed E-state index contributed by atoms with van der Waals surface area (Å²) in [5, 5.41) is 0.272. The Morgan fingerprint density at radius 3 is 2.17 bits per heavy atom. The highest BCUT2D eigenvalue weighted by atomic mass is 35.5. The zero-order valence-electron chi connectivity index (χ0n) is 21.6. The molecular formula is C26H25ClF6N4O3. The van der Waals surface area contributed by atoms with Crippen molar-refractivity contribution in [2.75, 3.05) is 34.3 Å². The van der Waals surface area contributed by atoms with E-state index in [1.165, 1.54) is 6.20 Å². The van der Waals surface area contributed by atoms with E-state index < -0.39 is 41.7 Å². The third-order valence-corrected chi connectivity index (χ3v) is 5.75. The van der Waals surface area contributed by atoms with Crippen molar-refractivity contribution in [3.63, 3.8) is 0 Å². The number of carbonyl (C=O) groups is 1. The normalized spacial score (nSPS) is 12.0. The Morgan fingerprint density at radius 2 is 1.60 bits per heavy atom. The van der Waals surface area contributed by atoms with Crippen LogP contribution >= 0.6 is 11.6 Å². The molecule has 0 atom stereocenters. The van der Waals surface area contributed by atoms with Gasteiger partial charge in [0.15, 0.2) is 5.75 Å². The molecule has 0 aliphatic rings. The van der Waals surface area contributed by atoms with Crippen molar-refractivity contribution in [3.8, 4) is 23.0 Å². The van der Waals surface area contributed by atoms with Gasteiger partial charge >= 0.3 is 24.5 Å². The lowest BCUT2D eigenvalue weighted by Crippen LogP contribution is -2.30. The molecular weight excluding hydrogens is 566 g/mol. The number of aromatic nitrogens is 2. The largest absolute Gasteiger partial charge is 0.463 e. The van der Waals surface area contributed by atoms with Crippen molar-refractivity contribution >= 4 is 17.7 Å². The van der Waals surface area contributed by atoms with E-state index >= 15 is 0 Å². The van der Waals surface area contributed by atoms with Gasteiger partial charge in [0, 0.05) is 25.7 Å². The summed E-state index contributed by atoms with van der Waals surface area (Å²) in [5.74, 6) is -0.148. The van der Waals surface area contributed by atoms with Crippen LogP contribution in [0.15, 0.2) is 48.7 Å². The van der Waals surface area contributed by atoms with Gasteiger partial charge in [0.2, 0.25) is 0 Å². The van der Waals surface area contributed by atoms with E-state index in [2.05, 4.69) is 9.97 Å². The van der Waals surface area contributed by atoms with E-state index in [1.54, 1.807) is 24.3 Å². The van der Waals surface area contributed by atoms with Gasteiger partial charge in [-0.1, -0.05) is 29.8 Å². The van der Waals surface area contributed by atoms with E-state index in [4.69, 9.17) is 21.1 Å². The molecule has 2 aromatic carbocycles. The molecule has 216 valence electrons. The molecule has 1 amide bonds. The van der Waals surface area contributed by atoms with Crippen LogP contribution in [-0.4, -0.2) is 60.2 Å². The first kappa shape index (κ1) is 31.0. The predicted octanol–water partition coefficient (Wildman–Crippen LogP) is 6.80. The first-order valence-electron chi connectivity index (χ1n) is 11.8. The Hall–Kier alpha value is -3.58. The average Bonchev–Trinajstić information content (AvgIpc) is 2.86. The minimum Gasteiger partial charge on any atom is -0.463 e. The molecule has 14 heteroatoms. The Labute approximate surface area is 231 Å². The monoisotopic (exact) mass is 590 g/mol. The van der Waals surface area contributed by atoms with Gasteiger partial charge in [-0.05, 0) is 50.3 Å². The standard InChI is InChI=1S/C26H25ClF6N4O3/c1-36(2)9-6-10-39-23-34-14-21(22(35-23)19-7-4-5-8-20(19)27)40-24(38)37(3)15-16-11-17(25(28,29)30)13-18(12-16)26(31,32)33/h4-5,7-8,11-14H,6,9-10,15H2,1-3H3. The molecule has 0 aliphatic heterocycles. The van der Waals surface area contributed by atoms with E-state index in [9.17, 15) is 31.1 Å². The lowest BCUT2D eigenvalue weighted by Gasteiger charge is -2.20. The lowest BCUT2D eigenvalue weighted by atomic mass is 10.0. The van der Waals surface area contributed by atoms with E-state index in [1.807, 2.05) is 19.0 Å². The van der Waals surface area contributed by atoms with Crippen LogP contribution in [-0.2, 0) is 18.9 Å². The molecule has 1 aromatic heterocycles. The van der Waals surface area contributed by atoms with E-state index in [0.717, 1.165) is 18.5 Å². The molecule has 40 heavy (non-hydrogen) atoms. The molecule has 0 fully saturated rings. The maximum atomic E-state index is 13.2. The van der Waals surface area contributed by atoms with Crippen molar-refractivity contribution in [2.45, 2.75) is 25.3 Å². The van der Waals surface area contributed by atoms with Crippen LogP contribution in [0.1, 0.15) is 23.1 Å². The van der Waals surface area contributed by atoms with Crippen LogP contribution in [0.5, 0.6) is 11.8 Å². The second-order valence-corrected chi connectivity index (χ2v) is 9.40. The number of nitrogens with zero attached hydrogens (tertiary/aromatic N) is 4. The van der Waals surface area contributed by atoms with E-state index in [0.29, 0.717) is 30.7 Å². The second-order valence-electron chi connectivity index (χ2n) is 8.99. The zero-order valence-corrected chi connectivity index (χ0v) is 22.4. The summed E-state index contributed by atoms with van der Waals surface area (Å²) in [5.41, 5.74) is -2.90. The number of amides is 1. The van der Waals surface area contributed by atoms with Gasteiger partial charge in [-0.2, -0.15) is 36.3 Å². The molecule has 0 N–H and O–H groups in total. The Bertz CT molecular complexity index is 1300. The second kappa shape index (κ2) is 12.7. The van der Waals surface area contributed by atoms with Gasteiger partial charge in [-0.15, -0.1) is 0 Å². The van der Waals surface area contributed by atoms with Gasteiger partial charge in [0.1, 0.15) is 5.69 Å². The Balaban J connectivity index is 1.85. The van der Waals surface area contributed by atoms with Gasteiger partial charge in [-0.25, -0.2) is 4.79 Å². The molecule has 0 spiro atoms. The van der Waals surface area contributed by atoms with Crippen LogP contribution in [0.4, 0.5) is 31.1 Å². The van der Waals surface area contributed by atoms with Crippen LogP contribution in [0.3, 0.4) is 0 Å². The van der Waals surface area contributed by atoms with Crippen molar-refractivity contribution in [3.05, 3.63) is 70.4 Å². The minimum atomic E-state index is -5.02. The number of halogens is 7. The summed E-state index contributed by atoms with van der Waals surface area (Å²) in [6.07, 6.45) is -9.27. The highest BCUT2D eigenvalue weighted by Crippen LogP contribution is 2.37. The van der Waals surface area contributed by atoms with Crippen molar-refractivity contribution in [1.29, 1.82) is 0 Å². The number of rotatable bonds is 9. The van der Waals surface area contributed by atoms with Crippen molar-refractivity contribution < 1.29 is 40.6 Å². The predicted molar refractivity (Wildman–Crippen MR) is 135 cm³/mol. The third kappa shape index (κ3) is 8.46. The fourth-order valence-electron chi connectivity index (χ4n) is 3.51. The number of benzene rings is 2. The average molecular weight is 591 g/mol. The molecule has 0 radical (unpaired) electrons. The van der Waals surface area contributed by atoms with Gasteiger partial charge in [-0.3, -0.25) is 0 Å². The number of hydrogen-bond donors (Lipinski definition) is 0. The first-order valence-corrected chi connectivity index (χ1v) is 12.1. The topological polar surface area (TPSA) is 67.8 Å². The molecule has 7 nitrogen and oxygen atoms in total. The molecule has 0 bridgehead atoms. The van der Waals surface area contributed by atoms with Gasteiger partial charge in [0.25, 0.3) is 0 Å². The van der Waals surface area contributed by atoms with Gasteiger partial charge in [0.05, 0.1) is 29.0 Å². The molecule has 3 aromatic rings. The fraction of sp³-hybridized carbons (Fsp3) is 0.346. The summed E-state index contributed by atoms with van der Waals surface area (Å²) >= 11 is 6.31. The maximum Gasteiger partial charge on any atom is 0.416 e. The highest BCUT2D eigenvalue weighted by Gasteiger charge is 2.37. The summed E-state index contributed by atoms with van der Waals surface area (Å²) in [7, 11) is 4.98. The zero-order chi connectivity index (χ0) is 29.7. The SMILES string of the molecule is CN(C)CCCOc1ncc(OC(=O)N(C)Cc2cc(C(F)(F)F)cc(C(F)(F)F)c2)c(-c2ccccc2Cl)n1. The minimum absolute atomic E-state index is 0.00882. The van der Waals surface area contributed by atoms with Gasteiger partial charge < -0.3 is 19.3 Å². The Kier molecular flexibility index (Phi) is 9.85. The number of hydrogen-bond acceptors (Lipinski definition) is 6. The quantitative estimate of drug-likeness (QED) is 0.202. The van der Waals surface area contributed by atoms with Crippen LogP contribution in [0, 0.1) is 0 Å². The summed E-state index contributed by atoms with van der Waals surface area (Å²) in [4.78, 5) is 24.0. The molecule has 0 aliphatic carbocycles. The fourth-order valence-corrected chi connectivity index (χ4v) is 3.74. The molecule has 0 unspecified atom stereocenters. The first-order chi connectivity index (χ1) is 18.6. The summed E-state index contributed by atoms with van der Waals surface area (Å²) in [6, 6.07) is 7.63. The van der Waals surface area contributed by atoms with Crippen LogP contribution in [0.2, 0.25) is 5.02 Å². The number of alkyl halides is 6. The molecule has 3 rings (SSSR count). The van der Waals surface area contributed by atoms with Crippen molar-refractivity contribution in [1.82, 2.24) is 19.8 Å². The summed E-state index contributed by atoms with van der Waals surface area (Å²) < 4.78 is 90.3. The third-order valence-electron chi connectivity index (χ3n) is 5.42. The van der Waals surface area contributed by atoms with Crippen molar-refractivity contribution in [2.24, 2.45) is 0 Å². The smallest absolute Gasteiger partial charge is 0.416 e. The molecule has 0 saturated heterocycles. The summed E-state index contributed by atoms with van der Waals surface area (Å²) in [6.45, 7) is 0.454.